The second-order valence-electron chi connectivity index (χ2n) is 6.95. The van der Waals surface area contributed by atoms with Crippen LogP contribution in [0.2, 0.25) is 0 Å². The fourth-order valence-corrected chi connectivity index (χ4v) is 6.67. The van der Waals surface area contributed by atoms with Crippen LogP contribution in [0.4, 0.5) is 0 Å². The highest BCUT2D eigenvalue weighted by Gasteiger charge is 2.75. The van der Waals surface area contributed by atoms with Crippen molar-refractivity contribution >= 4 is 29.0 Å². The molecule has 1 spiro atoms. The largest absolute Gasteiger partial charge is 0.296 e. The molecule has 0 heterocycles. The summed E-state index contributed by atoms with van der Waals surface area (Å²) in [7, 11) is 0. The van der Waals surface area contributed by atoms with Crippen molar-refractivity contribution in [2.24, 2.45) is 35.0 Å². The van der Waals surface area contributed by atoms with Crippen molar-refractivity contribution in [3.8, 4) is 0 Å². The third-order valence-corrected chi connectivity index (χ3v) is 7.71. The first-order valence-electron chi connectivity index (χ1n) is 6.88. The van der Waals surface area contributed by atoms with Gasteiger partial charge in [0.25, 0.3) is 0 Å². The van der Waals surface area contributed by atoms with E-state index in [1.807, 2.05) is 0 Å². The Bertz CT molecular complexity index is 405. The predicted molar refractivity (Wildman–Crippen MR) is 68.1 cm³/mol. The van der Waals surface area contributed by atoms with Crippen LogP contribution in [-0.4, -0.2) is 10.1 Å². The van der Waals surface area contributed by atoms with Gasteiger partial charge in [0.05, 0.1) is 0 Å². The van der Waals surface area contributed by atoms with Gasteiger partial charge in [0.15, 0.2) is 10.1 Å². The quantitative estimate of drug-likeness (QED) is 0.613. The van der Waals surface area contributed by atoms with Crippen LogP contribution in [0.5, 0.6) is 0 Å². The zero-order chi connectivity index (χ0) is 12.0. The number of ketones is 1. The molecule has 0 aromatic carbocycles. The number of rotatable bonds is 0. The molecule has 1 nitrogen and oxygen atoms in total. The third-order valence-electron chi connectivity index (χ3n) is 6.58. The molecule has 5 saturated carbocycles. The van der Waals surface area contributed by atoms with Crippen LogP contribution in [0.25, 0.3) is 0 Å². The monoisotopic (exact) mass is 272 g/mol. The van der Waals surface area contributed by atoms with Crippen molar-refractivity contribution in [1.82, 2.24) is 0 Å². The molecule has 6 atom stereocenters. The highest BCUT2D eigenvalue weighted by molar-refractivity contribution is 6.61. The van der Waals surface area contributed by atoms with E-state index in [0.717, 1.165) is 11.8 Å². The Morgan fingerprint density at radius 3 is 2.59 bits per heavy atom. The van der Waals surface area contributed by atoms with E-state index in [0.29, 0.717) is 24.2 Å². The van der Waals surface area contributed by atoms with Gasteiger partial charge >= 0.3 is 0 Å². The fourth-order valence-electron chi connectivity index (χ4n) is 5.82. The lowest BCUT2D eigenvalue weighted by Crippen LogP contribution is -2.71. The summed E-state index contributed by atoms with van der Waals surface area (Å²) < 4.78 is -1.07. The number of carbonyl (C=O) groups excluding carboxylic acids is 1. The molecule has 3 heteroatoms. The SMILES string of the molecule is CC1C2CC3CC(C2)C2(CC(=O)C2(Cl)Cl)C1C3. The molecule has 0 aromatic heterocycles. The summed E-state index contributed by atoms with van der Waals surface area (Å²) in [5, 5.41) is 0. The molecule has 5 aliphatic carbocycles. The van der Waals surface area contributed by atoms with E-state index in [9.17, 15) is 4.79 Å². The summed E-state index contributed by atoms with van der Waals surface area (Å²) in [5.74, 6) is 3.78. The van der Waals surface area contributed by atoms with Crippen molar-refractivity contribution in [1.29, 1.82) is 0 Å². The lowest BCUT2D eigenvalue weighted by Gasteiger charge is -2.70. The van der Waals surface area contributed by atoms with Crippen molar-refractivity contribution in [2.75, 3.05) is 0 Å². The lowest BCUT2D eigenvalue weighted by atomic mass is 9.37. The standard InChI is InChI=1S/C14H18Cl2O/c1-7-9-2-8-3-10(5-9)13(11(7)4-8)6-12(17)14(13,15)16/h7-11H,2-6H2,1H3. The second kappa shape index (κ2) is 3.04. The van der Waals surface area contributed by atoms with Crippen molar-refractivity contribution in [3.63, 3.8) is 0 Å². The molecule has 0 saturated heterocycles. The van der Waals surface area contributed by atoms with Gasteiger partial charge in [-0.25, -0.2) is 0 Å². The Kier molecular flexibility index (Phi) is 1.99. The van der Waals surface area contributed by atoms with E-state index < -0.39 is 4.33 Å². The molecule has 94 valence electrons. The van der Waals surface area contributed by atoms with Gasteiger partial charge in [-0.2, -0.15) is 0 Å². The predicted octanol–water partition coefficient (Wildman–Crippen LogP) is 3.82. The van der Waals surface area contributed by atoms with Crippen LogP contribution in [0.3, 0.4) is 0 Å². The smallest absolute Gasteiger partial charge is 0.182 e. The molecule has 0 radical (unpaired) electrons. The maximum absolute atomic E-state index is 11.8. The third kappa shape index (κ3) is 1.04. The summed E-state index contributed by atoms with van der Waals surface area (Å²) in [5.41, 5.74) is -0.0555. The highest BCUT2D eigenvalue weighted by atomic mass is 35.5. The van der Waals surface area contributed by atoms with Crippen molar-refractivity contribution in [3.05, 3.63) is 0 Å². The van der Waals surface area contributed by atoms with E-state index in [-0.39, 0.29) is 11.2 Å². The summed E-state index contributed by atoms with van der Waals surface area (Å²) in [6, 6.07) is 0. The molecule has 5 rings (SSSR count). The first-order chi connectivity index (χ1) is 7.97. The first kappa shape index (κ1) is 11.1. The van der Waals surface area contributed by atoms with Gasteiger partial charge in [-0.3, -0.25) is 4.79 Å². The lowest BCUT2D eigenvalue weighted by molar-refractivity contribution is -0.189. The van der Waals surface area contributed by atoms with Crippen molar-refractivity contribution < 1.29 is 4.79 Å². The average Bonchev–Trinajstić information content (AvgIpc) is 2.29. The van der Waals surface area contributed by atoms with Gasteiger partial charge in [0, 0.05) is 11.8 Å². The number of halogens is 2. The number of carbonyl (C=O) groups is 1. The summed E-state index contributed by atoms with van der Waals surface area (Å²) in [4.78, 5) is 11.8. The molecule has 17 heavy (non-hydrogen) atoms. The van der Waals surface area contributed by atoms with Gasteiger partial charge in [-0.15, -0.1) is 0 Å². The van der Waals surface area contributed by atoms with E-state index in [4.69, 9.17) is 23.2 Å². The topological polar surface area (TPSA) is 17.1 Å². The summed E-state index contributed by atoms with van der Waals surface area (Å²) in [6.45, 7) is 2.36. The van der Waals surface area contributed by atoms with Crippen LogP contribution < -0.4 is 0 Å². The van der Waals surface area contributed by atoms with E-state index >= 15 is 0 Å². The van der Waals surface area contributed by atoms with Crippen molar-refractivity contribution in [2.45, 2.75) is 43.4 Å². The molecular weight excluding hydrogens is 255 g/mol. The first-order valence-corrected chi connectivity index (χ1v) is 7.63. The molecule has 0 N–H and O–H groups in total. The van der Waals surface area contributed by atoms with Gasteiger partial charge in [-0.05, 0) is 55.3 Å². The van der Waals surface area contributed by atoms with Crippen LogP contribution in [0, 0.1) is 35.0 Å². The molecule has 4 bridgehead atoms. The summed E-state index contributed by atoms with van der Waals surface area (Å²) in [6.07, 6.45) is 5.87. The Balaban J connectivity index is 1.80. The van der Waals surface area contributed by atoms with Crippen LogP contribution in [0.1, 0.15) is 39.0 Å². The Morgan fingerprint density at radius 1 is 1.18 bits per heavy atom. The second-order valence-corrected chi connectivity index (χ2v) is 8.27. The molecule has 0 amide bonds. The molecule has 5 fully saturated rings. The normalized spacial score (nSPS) is 58.5. The van der Waals surface area contributed by atoms with Gasteiger partial charge in [-0.1, -0.05) is 30.1 Å². The number of hydrogen-bond donors (Lipinski definition) is 0. The number of Topliss-reactive ketones (excluding diaryl/α,β-unsaturated/α-hetero) is 1. The summed E-state index contributed by atoms with van der Waals surface area (Å²) >= 11 is 12.9. The highest BCUT2D eigenvalue weighted by Crippen LogP contribution is 2.74. The zero-order valence-corrected chi connectivity index (χ0v) is 11.6. The van der Waals surface area contributed by atoms with Crippen LogP contribution in [-0.2, 0) is 4.79 Å². The minimum absolute atomic E-state index is 0.0555. The number of alkyl halides is 2. The Morgan fingerprint density at radius 2 is 1.94 bits per heavy atom. The Hall–Kier alpha value is 0.250. The minimum Gasteiger partial charge on any atom is -0.296 e. The van der Waals surface area contributed by atoms with E-state index in [1.54, 1.807) is 0 Å². The zero-order valence-electron chi connectivity index (χ0n) is 10.1. The van der Waals surface area contributed by atoms with Crippen LogP contribution in [0.15, 0.2) is 0 Å². The maximum Gasteiger partial charge on any atom is 0.182 e. The Labute approximate surface area is 112 Å². The fraction of sp³-hybridized carbons (Fsp3) is 0.929. The van der Waals surface area contributed by atoms with E-state index in [1.165, 1.54) is 25.7 Å². The number of hydrogen-bond acceptors (Lipinski definition) is 1. The van der Waals surface area contributed by atoms with E-state index in [2.05, 4.69) is 6.92 Å². The van der Waals surface area contributed by atoms with Crippen LogP contribution >= 0.6 is 23.2 Å². The minimum atomic E-state index is -1.07. The maximum atomic E-state index is 11.8. The molecule has 5 aliphatic rings. The molecule has 0 aromatic rings. The average molecular weight is 273 g/mol. The molecular formula is C14H18Cl2O. The van der Waals surface area contributed by atoms with Gasteiger partial charge in [0.1, 0.15) is 0 Å². The molecule has 6 unspecified atom stereocenters. The van der Waals surface area contributed by atoms with Gasteiger partial charge in [0.2, 0.25) is 0 Å². The molecule has 0 aliphatic heterocycles. The van der Waals surface area contributed by atoms with Gasteiger partial charge < -0.3 is 0 Å².